The van der Waals surface area contributed by atoms with Gasteiger partial charge in [0.15, 0.2) is 0 Å². The van der Waals surface area contributed by atoms with Crippen LogP contribution >= 0.6 is 0 Å². The molecule has 0 bridgehead atoms. The van der Waals surface area contributed by atoms with Gasteiger partial charge >= 0.3 is 0 Å². The maximum Gasteiger partial charge on any atom is 0.148 e. The summed E-state index contributed by atoms with van der Waals surface area (Å²) in [6.45, 7) is 1.22. The lowest BCUT2D eigenvalue weighted by Crippen LogP contribution is -2.70. The molecule has 0 aromatic carbocycles. The van der Waals surface area contributed by atoms with Crippen molar-refractivity contribution < 1.29 is 26.1 Å². The monoisotopic (exact) mass is 149 g/mol. The zero-order valence-corrected chi connectivity index (χ0v) is 5.84. The van der Waals surface area contributed by atoms with Crippen LogP contribution in [0, 0.1) is 0 Å². The third-order valence-corrected chi connectivity index (χ3v) is 0.941. The van der Waals surface area contributed by atoms with E-state index in [1.165, 1.54) is 0 Å². The fourth-order valence-electron chi connectivity index (χ4n) is 0.396. The molecule has 0 heterocycles. The van der Waals surface area contributed by atoms with Gasteiger partial charge in [0.2, 0.25) is 0 Å². The Morgan fingerprint density at radius 1 is 1.70 bits per heavy atom. The molecule has 0 fully saturated rings. The standard InChI is InChI=1S/C5H12N2O3/c6-1-2-10-3-4(7)5(8)9/h4H,1-3,6-7H2,(H,8,9)/p+1/t4-/m0/s1. The van der Waals surface area contributed by atoms with Crippen molar-refractivity contribution in [3.63, 3.8) is 0 Å². The first-order chi connectivity index (χ1) is 4.68. The number of hydrogen-bond donors (Lipinski definition) is 2. The van der Waals surface area contributed by atoms with Crippen molar-refractivity contribution in [2.75, 3.05) is 19.8 Å². The Kier molecular flexibility index (Phi) is 4.82. The Hall–Kier alpha value is -0.650. The van der Waals surface area contributed by atoms with Crippen molar-refractivity contribution in [3.05, 3.63) is 0 Å². The van der Waals surface area contributed by atoms with Crippen molar-refractivity contribution >= 4 is 5.97 Å². The summed E-state index contributed by atoms with van der Waals surface area (Å²) in [7, 11) is 0. The zero-order chi connectivity index (χ0) is 7.98. The second kappa shape index (κ2) is 5.16. The Morgan fingerprint density at radius 2 is 2.30 bits per heavy atom. The highest BCUT2D eigenvalue weighted by Gasteiger charge is 2.05. The molecule has 10 heavy (non-hydrogen) atoms. The van der Waals surface area contributed by atoms with E-state index in [4.69, 9.17) is 4.74 Å². The molecule has 0 amide bonds. The topological polar surface area (TPSA) is 105 Å². The summed E-state index contributed by atoms with van der Waals surface area (Å²) in [5, 5.41) is 10.0. The average Bonchev–Trinajstić information content (AvgIpc) is 1.88. The van der Waals surface area contributed by atoms with Gasteiger partial charge in [0.25, 0.3) is 0 Å². The number of aliphatic carboxylic acids is 1. The number of quaternary nitrogens is 2. The van der Waals surface area contributed by atoms with Crippen LogP contribution in [0.3, 0.4) is 0 Å². The summed E-state index contributed by atoms with van der Waals surface area (Å²) >= 11 is 0. The van der Waals surface area contributed by atoms with Crippen LogP contribution < -0.4 is 16.6 Å². The average molecular weight is 149 g/mol. The summed E-state index contributed by atoms with van der Waals surface area (Å²) in [6, 6.07) is -0.772. The first-order valence-electron chi connectivity index (χ1n) is 3.09. The van der Waals surface area contributed by atoms with Crippen molar-refractivity contribution in [2.24, 2.45) is 0 Å². The Balaban J connectivity index is 3.21. The Morgan fingerprint density at radius 3 is 2.70 bits per heavy atom. The van der Waals surface area contributed by atoms with Gasteiger partial charge < -0.3 is 26.1 Å². The molecule has 0 aromatic heterocycles. The summed E-state index contributed by atoms with van der Waals surface area (Å²) < 4.78 is 4.86. The van der Waals surface area contributed by atoms with E-state index in [0.29, 0.717) is 13.2 Å². The molecule has 0 aliphatic rings. The number of carboxylic acid groups (broad SMARTS) is 1. The lowest BCUT2D eigenvalue weighted by Gasteiger charge is -2.07. The van der Waals surface area contributed by atoms with Crippen LogP contribution in [0.1, 0.15) is 0 Å². The lowest BCUT2D eigenvalue weighted by atomic mass is 10.3. The third-order valence-electron chi connectivity index (χ3n) is 0.941. The quantitative estimate of drug-likeness (QED) is 0.385. The molecule has 0 spiro atoms. The van der Waals surface area contributed by atoms with E-state index >= 15 is 0 Å². The van der Waals surface area contributed by atoms with E-state index < -0.39 is 12.0 Å². The van der Waals surface area contributed by atoms with Gasteiger partial charge in [-0.15, -0.1) is 0 Å². The molecule has 5 nitrogen and oxygen atoms in total. The Labute approximate surface area is 58.9 Å². The van der Waals surface area contributed by atoms with Gasteiger partial charge in [-0.3, -0.25) is 0 Å². The van der Waals surface area contributed by atoms with Crippen LogP contribution in [-0.4, -0.2) is 31.8 Å². The summed E-state index contributed by atoms with van der Waals surface area (Å²) in [5.74, 6) is -1.18. The highest BCUT2D eigenvalue weighted by molar-refractivity contribution is 5.69. The molecular weight excluding hydrogens is 136 g/mol. The van der Waals surface area contributed by atoms with E-state index in [9.17, 15) is 9.90 Å². The first kappa shape index (κ1) is 9.35. The van der Waals surface area contributed by atoms with Crippen LogP contribution in [0.5, 0.6) is 0 Å². The maximum absolute atomic E-state index is 10.0. The molecule has 1 atom stereocenters. The van der Waals surface area contributed by atoms with E-state index in [1.54, 1.807) is 0 Å². The van der Waals surface area contributed by atoms with E-state index in [2.05, 4.69) is 11.5 Å². The minimum atomic E-state index is -1.18. The highest BCUT2D eigenvalue weighted by atomic mass is 16.5. The molecule has 0 saturated carbocycles. The first-order valence-corrected chi connectivity index (χ1v) is 3.09. The Bertz CT molecular complexity index is 107. The van der Waals surface area contributed by atoms with Crippen LogP contribution in [-0.2, 0) is 9.53 Å². The minimum absolute atomic E-state index is 0.109. The van der Waals surface area contributed by atoms with E-state index in [1.807, 2.05) is 0 Å². The molecule has 0 unspecified atom stereocenters. The fourth-order valence-corrected chi connectivity index (χ4v) is 0.396. The van der Waals surface area contributed by atoms with Gasteiger partial charge in [-0.05, 0) is 0 Å². The SMILES string of the molecule is [NH3+]CCOC[C@H]([NH3+])C(=O)[O-]. The van der Waals surface area contributed by atoms with Crippen molar-refractivity contribution in [1.82, 2.24) is 0 Å². The van der Waals surface area contributed by atoms with Crippen LogP contribution in [0.4, 0.5) is 0 Å². The van der Waals surface area contributed by atoms with Crippen molar-refractivity contribution in [1.29, 1.82) is 0 Å². The largest absolute Gasteiger partial charge is 0.544 e. The highest BCUT2D eigenvalue weighted by Crippen LogP contribution is 1.75. The maximum atomic E-state index is 10.0. The molecular formula is C5H13N2O3+. The summed E-state index contributed by atoms with van der Waals surface area (Å²) in [4.78, 5) is 10.0. The van der Waals surface area contributed by atoms with Gasteiger partial charge in [-0.2, -0.15) is 0 Å². The van der Waals surface area contributed by atoms with E-state index in [-0.39, 0.29) is 6.61 Å². The fraction of sp³-hybridized carbons (Fsp3) is 0.800. The van der Waals surface area contributed by atoms with Gasteiger partial charge in [-0.25, -0.2) is 0 Å². The molecule has 0 saturated heterocycles. The molecule has 0 radical (unpaired) electrons. The van der Waals surface area contributed by atoms with Crippen molar-refractivity contribution in [3.8, 4) is 0 Å². The van der Waals surface area contributed by atoms with Crippen molar-refractivity contribution in [2.45, 2.75) is 6.04 Å². The molecule has 0 rings (SSSR count). The number of rotatable bonds is 5. The van der Waals surface area contributed by atoms with Crippen LogP contribution in [0.25, 0.3) is 0 Å². The number of hydrogen-bond acceptors (Lipinski definition) is 3. The predicted octanol–water partition coefficient (Wildman–Crippen LogP) is -4.39. The lowest BCUT2D eigenvalue weighted by molar-refractivity contribution is -0.444. The molecule has 0 aromatic rings. The molecule has 60 valence electrons. The second-order valence-corrected chi connectivity index (χ2v) is 1.94. The smallest absolute Gasteiger partial charge is 0.148 e. The normalized spacial score (nSPS) is 13.0. The molecule has 6 N–H and O–H groups in total. The number of carbonyl (C=O) groups excluding carboxylic acids is 1. The second-order valence-electron chi connectivity index (χ2n) is 1.94. The van der Waals surface area contributed by atoms with Gasteiger partial charge in [0.05, 0.1) is 13.2 Å². The van der Waals surface area contributed by atoms with Crippen LogP contribution in [0.2, 0.25) is 0 Å². The molecule has 0 aliphatic heterocycles. The van der Waals surface area contributed by atoms with Gasteiger partial charge in [0.1, 0.15) is 18.6 Å². The third kappa shape index (κ3) is 4.25. The molecule has 0 aliphatic carbocycles. The predicted molar refractivity (Wildman–Crippen MR) is 30.3 cm³/mol. The van der Waals surface area contributed by atoms with Crippen LogP contribution in [0.15, 0.2) is 0 Å². The molecule has 5 heteroatoms. The zero-order valence-electron chi connectivity index (χ0n) is 5.84. The number of ether oxygens (including phenoxy) is 1. The number of carboxylic acids is 1. The van der Waals surface area contributed by atoms with E-state index in [0.717, 1.165) is 0 Å². The number of carbonyl (C=O) groups is 1. The summed E-state index contributed by atoms with van der Waals surface area (Å²) in [5.41, 5.74) is 6.82. The minimum Gasteiger partial charge on any atom is -0.544 e. The summed E-state index contributed by atoms with van der Waals surface area (Å²) in [6.07, 6.45) is 0. The van der Waals surface area contributed by atoms with Gasteiger partial charge in [0, 0.05) is 0 Å². The van der Waals surface area contributed by atoms with Gasteiger partial charge in [-0.1, -0.05) is 0 Å².